The SMILES string of the molecule is CC1(c2cccc(Br)n2)COCC(=S)N1. The minimum atomic E-state index is -0.320. The zero-order valence-electron chi connectivity index (χ0n) is 8.29. The molecule has 5 heteroatoms. The second kappa shape index (κ2) is 4.15. The third-order valence-corrected chi connectivity index (χ3v) is 2.98. The number of morpholine rings is 1. The Morgan fingerprint density at radius 1 is 1.60 bits per heavy atom. The molecule has 0 aliphatic carbocycles. The summed E-state index contributed by atoms with van der Waals surface area (Å²) in [7, 11) is 0. The standard InChI is InChI=1S/C10H11BrN2OS/c1-10(6-14-5-9(15)13-10)7-3-2-4-8(11)12-7/h2-4H,5-6H2,1H3,(H,13,15). The first-order valence-electron chi connectivity index (χ1n) is 4.62. The summed E-state index contributed by atoms with van der Waals surface area (Å²) in [5.41, 5.74) is 0.609. The van der Waals surface area contributed by atoms with Crippen LogP contribution in [0.4, 0.5) is 0 Å². The van der Waals surface area contributed by atoms with E-state index in [0.29, 0.717) is 13.2 Å². The number of ether oxygens (including phenoxy) is 1. The molecular formula is C10H11BrN2OS. The maximum absolute atomic E-state index is 5.43. The summed E-state index contributed by atoms with van der Waals surface area (Å²) in [6.45, 7) is 3.11. The molecule has 2 heterocycles. The summed E-state index contributed by atoms with van der Waals surface area (Å²) in [5, 5.41) is 3.26. The van der Waals surface area contributed by atoms with Crippen molar-refractivity contribution in [2.75, 3.05) is 13.2 Å². The van der Waals surface area contributed by atoms with E-state index in [2.05, 4.69) is 26.2 Å². The van der Waals surface area contributed by atoms with Crippen LogP contribution >= 0.6 is 28.1 Å². The van der Waals surface area contributed by atoms with Crippen LogP contribution in [0.25, 0.3) is 0 Å². The van der Waals surface area contributed by atoms with Crippen molar-refractivity contribution in [2.45, 2.75) is 12.5 Å². The van der Waals surface area contributed by atoms with Crippen LogP contribution in [-0.4, -0.2) is 23.2 Å². The second-order valence-electron chi connectivity index (χ2n) is 3.72. The highest BCUT2D eigenvalue weighted by atomic mass is 79.9. The monoisotopic (exact) mass is 286 g/mol. The summed E-state index contributed by atoms with van der Waals surface area (Å²) >= 11 is 8.47. The molecule has 0 radical (unpaired) electrons. The molecule has 3 nitrogen and oxygen atoms in total. The highest BCUT2D eigenvalue weighted by Crippen LogP contribution is 2.23. The number of halogens is 1. The Balaban J connectivity index is 2.32. The molecule has 0 aromatic carbocycles. The number of aromatic nitrogens is 1. The summed E-state index contributed by atoms with van der Waals surface area (Å²) in [6.07, 6.45) is 0. The third-order valence-electron chi connectivity index (χ3n) is 2.32. The van der Waals surface area contributed by atoms with Crippen LogP contribution in [0.5, 0.6) is 0 Å². The topological polar surface area (TPSA) is 34.1 Å². The molecule has 1 aromatic rings. The third kappa shape index (κ3) is 2.35. The average molecular weight is 287 g/mol. The van der Waals surface area contributed by atoms with Crippen molar-refractivity contribution in [3.05, 3.63) is 28.5 Å². The Hall–Kier alpha value is -0.520. The molecule has 1 saturated heterocycles. The van der Waals surface area contributed by atoms with Crippen molar-refractivity contribution >= 4 is 33.1 Å². The van der Waals surface area contributed by atoms with Crippen molar-refractivity contribution < 1.29 is 4.74 Å². The Morgan fingerprint density at radius 3 is 3.07 bits per heavy atom. The molecule has 1 aliphatic rings. The number of rotatable bonds is 1. The summed E-state index contributed by atoms with van der Waals surface area (Å²) in [4.78, 5) is 5.14. The highest BCUT2D eigenvalue weighted by Gasteiger charge is 2.32. The normalized spacial score (nSPS) is 26.1. The van der Waals surface area contributed by atoms with Gasteiger partial charge >= 0.3 is 0 Å². The predicted molar refractivity (Wildman–Crippen MR) is 65.8 cm³/mol. The number of hydrogen-bond acceptors (Lipinski definition) is 3. The molecule has 1 aromatic heterocycles. The fourth-order valence-corrected chi connectivity index (χ4v) is 2.23. The highest BCUT2D eigenvalue weighted by molar-refractivity contribution is 9.10. The number of nitrogens with zero attached hydrogens (tertiary/aromatic N) is 1. The van der Waals surface area contributed by atoms with Gasteiger partial charge in [0.1, 0.15) is 15.1 Å². The van der Waals surface area contributed by atoms with Crippen LogP contribution in [0.3, 0.4) is 0 Å². The first-order chi connectivity index (χ1) is 7.10. The first-order valence-corrected chi connectivity index (χ1v) is 5.82. The van der Waals surface area contributed by atoms with E-state index in [-0.39, 0.29) is 5.54 Å². The number of hydrogen-bond donors (Lipinski definition) is 1. The minimum Gasteiger partial charge on any atom is -0.371 e. The number of thiocarbonyl (C=S) groups is 1. The van der Waals surface area contributed by atoms with Crippen molar-refractivity contribution in [1.29, 1.82) is 0 Å². The Morgan fingerprint density at radius 2 is 2.40 bits per heavy atom. The van der Waals surface area contributed by atoms with Gasteiger partial charge in [0.2, 0.25) is 0 Å². The zero-order chi connectivity index (χ0) is 10.9. The van der Waals surface area contributed by atoms with E-state index in [4.69, 9.17) is 17.0 Å². The zero-order valence-corrected chi connectivity index (χ0v) is 10.7. The lowest BCUT2D eigenvalue weighted by atomic mass is 9.97. The molecule has 0 spiro atoms. The summed E-state index contributed by atoms with van der Waals surface area (Å²) in [5.74, 6) is 0. The van der Waals surface area contributed by atoms with Crippen LogP contribution < -0.4 is 5.32 Å². The van der Waals surface area contributed by atoms with Gasteiger partial charge in [-0.2, -0.15) is 0 Å². The molecule has 80 valence electrons. The van der Waals surface area contributed by atoms with E-state index in [1.165, 1.54) is 0 Å². The maximum atomic E-state index is 5.43. The largest absolute Gasteiger partial charge is 0.371 e. The van der Waals surface area contributed by atoms with Gasteiger partial charge in [0.15, 0.2) is 0 Å². The lowest BCUT2D eigenvalue weighted by Gasteiger charge is -2.35. The molecule has 0 saturated carbocycles. The van der Waals surface area contributed by atoms with Gasteiger partial charge < -0.3 is 10.1 Å². The molecule has 1 N–H and O–H groups in total. The van der Waals surface area contributed by atoms with E-state index in [1.54, 1.807) is 0 Å². The number of pyridine rings is 1. The van der Waals surface area contributed by atoms with Crippen molar-refractivity contribution in [3.8, 4) is 0 Å². The molecule has 1 atom stereocenters. The molecule has 2 rings (SSSR count). The number of nitrogens with one attached hydrogen (secondary N) is 1. The lowest BCUT2D eigenvalue weighted by Crippen LogP contribution is -2.52. The lowest BCUT2D eigenvalue weighted by molar-refractivity contribution is 0.0854. The van der Waals surface area contributed by atoms with Gasteiger partial charge in [0, 0.05) is 0 Å². The second-order valence-corrected chi connectivity index (χ2v) is 5.02. The van der Waals surface area contributed by atoms with Gasteiger partial charge in [-0.3, -0.25) is 0 Å². The van der Waals surface area contributed by atoms with Crippen molar-refractivity contribution in [3.63, 3.8) is 0 Å². The Bertz CT molecular complexity index is 399. The quantitative estimate of drug-likeness (QED) is 0.633. The first kappa shape index (κ1) is 11.0. The minimum absolute atomic E-state index is 0.320. The van der Waals surface area contributed by atoms with Crippen LogP contribution in [0.2, 0.25) is 0 Å². The van der Waals surface area contributed by atoms with Gasteiger partial charge in [-0.25, -0.2) is 4.98 Å². The van der Waals surface area contributed by atoms with Crippen LogP contribution in [0.1, 0.15) is 12.6 Å². The Labute approximate surface area is 102 Å². The molecule has 1 unspecified atom stereocenters. The fraction of sp³-hybridized carbons (Fsp3) is 0.400. The van der Waals surface area contributed by atoms with Gasteiger partial charge in [-0.05, 0) is 35.0 Å². The van der Waals surface area contributed by atoms with Gasteiger partial charge in [-0.15, -0.1) is 0 Å². The van der Waals surface area contributed by atoms with Gasteiger partial charge in [0.05, 0.1) is 18.9 Å². The van der Waals surface area contributed by atoms with E-state index >= 15 is 0 Å². The molecule has 15 heavy (non-hydrogen) atoms. The van der Waals surface area contributed by atoms with Crippen LogP contribution in [0, 0.1) is 0 Å². The molecule has 1 fully saturated rings. The maximum Gasteiger partial charge on any atom is 0.106 e. The van der Waals surface area contributed by atoms with Crippen molar-refractivity contribution in [1.82, 2.24) is 10.3 Å². The van der Waals surface area contributed by atoms with E-state index in [0.717, 1.165) is 15.3 Å². The fourth-order valence-electron chi connectivity index (χ4n) is 1.58. The summed E-state index contributed by atoms with van der Waals surface area (Å²) < 4.78 is 6.25. The van der Waals surface area contributed by atoms with E-state index in [9.17, 15) is 0 Å². The van der Waals surface area contributed by atoms with E-state index in [1.807, 2.05) is 25.1 Å². The molecular weight excluding hydrogens is 276 g/mol. The van der Waals surface area contributed by atoms with Crippen LogP contribution in [0.15, 0.2) is 22.8 Å². The van der Waals surface area contributed by atoms with Gasteiger partial charge in [-0.1, -0.05) is 18.3 Å². The van der Waals surface area contributed by atoms with Gasteiger partial charge in [0.25, 0.3) is 0 Å². The average Bonchev–Trinajstić information content (AvgIpc) is 2.17. The predicted octanol–water partition coefficient (Wildman–Crippen LogP) is 2.01. The molecule has 1 aliphatic heterocycles. The van der Waals surface area contributed by atoms with Crippen molar-refractivity contribution in [2.24, 2.45) is 0 Å². The summed E-state index contributed by atoms with van der Waals surface area (Å²) in [6, 6.07) is 5.82. The molecule has 0 bridgehead atoms. The smallest absolute Gasteiger partial charge is 0.106 e. The van der Waals surface area contributed by atoms with E-state index < -0.39 is 0 Å². The van der Waals surface area contributed by atoms with Crippen LogP contribution in [-0.2, 0) is 10.3 Å². The molecule has 0 amide bonds. The Kier molecular flexibility index (Phi) is 3.04.